The Bertz CT molecular complexity index is 266. The summed E-state index contributed by atoms with van der Waals surface area (Å²) in [4.78, 5) is 15.1. The van der Waals surface area contributed by atoms with E-state index in [1.165, 1.54) is 0 Å². The van der Waals surface area contributed by atoms with Gasteiger partial charge in [-0.1, -0.05) is 6.92 Å². The molecule has 64 valence electrons. The molecule has 6 nitrogen and oxygen atoms in total. The summed E-state index contributed by atoms with van der Waals surface area (Å²) in [6.07, 6.45) is 2.24. The van der Waals surface area contributed by atoms with Gasteiger partial charge in [0.25, 0.3) is 5.91 Å². The maximum absolute atomic E-state index is 11.2. The molecule has 0 fully saturated rings. The van der Waals surface area contributed by atoms with Crippen molar-refractivity contribution in [2.45, 2.75) is 19.4 Å². The van der Waals surface area contributed by atoms with Gasteiger partial charge in [-0.3, -0.25) is 10.1 Å². The number of carbonyl (C=O) groups excluding carboxylic acids is 1. The third kappa shape index (κ3) is 1.22. The zero-order valence-electron chi connectivity index (χ0n) is 6.61. The van der Waals surface area contributed by atoms with Crippen molar-refractivity contribution < 1.29 is 4.79 Å². The molecule has 1 aliphatic heterocycles. The van der Waals surface area contributed by atoms with E-state index in [4.69, 9.17) is 11.1 Å². The van der Waals surface area contributed by atoms with E-state index in [9.17, 15) is 4.79 Å². The first-order valence-electron chi connectivity index (χ1n) is 3.52. The quantitative estimate of drug-likeness (QED) is 0.224. The molecule has 0 spiro atoms. The summed E-state index contributed by atoms with van der Waals surface area (Å²) in [6, 6.07) is -0.439. The van der Waals surface area contributed by atoms with Crippen LogP contribution in [0.15, 0.2) is 4.99 Å². The zero-order chi connectivity index (χ0) is 9.14. The number of amides is 1. The van der Waals surface area contributed by atoms with Crippen molar-refractivity contribution in [3.8, 4) is 6.19 Å². The Morgan fingerprint density at radius 1 is 1.92 bits per heavy atom. The molecule has 0 bridgehead atoms. The number of carbonyl (C=O) groups is 1. The second kappa shape index (κ2) is 3.19. The largest absolute Gasteiger partial charge is 0.270 e. The van der Waals surface area contributed by atoms with Gasteiger partial charge >= 0.3 is 0 Å². The summed E-state index contributed by atoms with van der Waals surface area (Å²) in [5, 5.41) is 11.3. The molecular weight excluding hydrogens is 158 g/mol. The number of nitriles is 1. The van der Waals surface area contributed by atoms with Crippen molar-refractivity contribution in [3.63, 3.8) is 0 Å². The van der Waals surface area contributed by atoms with E-state index in [1.54, 1.807) is 6.19 Å². The lowest BCUT2D eigenvalue weighted by Crippen LogP contribution is -2.45. The molecule has 1 aliphatic rings. The van der Waals surface area contributed by atoms with Gasteiger partial charge in [-0.2, -0.15) is 5.26 Å². The van der Waals surface area contributed by atoms with Crippen molar-refractivity contribution in [1.82, 2.24) is 10.3 Å². The van der Waals surface area contributed by atoms with E-state index in [-0.39, 0.29) is 11.9 Å². The highest BCUT2D eigenvalue weighted by Crippen LogP contribution is 2.08. The van der Waals surface area contributed by atoms with Crippen LogP contribution in [0.5, 0.6) is 0 Å². The summed E-state index contributed by atoms with van der Waals surface area (Å²) < 4.78 is 0. The van der Waals surface area contributed by atoms with Gasteiger partial charge in [0.2, 0.25) is 5.96 Å². The minimum Gasteiger partial charge on any atom is -0.270 e. The van der Waals surface area contributed by atoms with Gasteiger partial charge in [0.15, 0.2) is 6.19 Å². The van der Waals surface area contributed by atoms with Crippen LogP contribution in [-0.2, 0) is 4.79 Å². The normalized spacial score (nSPS) is 22.1. The first-order valence-corrected chi connectivity index (χ1v) is 3.52. The first kappa shape index (κ1) is 8.49. The van der Waals surface area contributed by atoms with E-state index >= 15 is 0 Å². The third-order valence-electron chi connectivity index (χ3n) is 1.58. The van der Waals surface area contributed by atoms with E-state index < -0.39 is 6.04 Å². The molecule has 0 saturated carbocycles. The Morgan fingerprint density at radius 3 is 3.00 bits per heavy atom. The molecule has 0 radical (unpaired) electrons. The van der Waals surface area contributed by atoms with Crippen LogP contribution >= 0.6 is 0 Å². The fraction of sp³-hybridized carbons (Fsp3) is 0.500. The molecule has 12 heavy (non-hydrogen) atoms. The average molecular weight is 167 g/mol. The van der Waals surface area contributed by atoms with Gasteiger partial charge < -0.3 is 0 Å². The summed E-state index contributed by atoms with van der Waals surface area (Å²) in [5.74, 6) is 5.15. The lowest BCUT2D eigenvalue weighted by Gasteiger charge is -2.08. The van der Waals surface area contributed by atoms with Crippen molar-refractivity contribution in [2.75, 3.05) is 0 Å². The van der Waals surface area contributed by atoms with Crippen LogP contribution in [0.2, 0.25) is 0 Å². The highest BCUT2D eigenvalue weighted by molar-refractivity contribution is 6.04. The summed E-state index contributed by atoms with van der Waals surface area (Å²) in [5.41, 5.74) is 0. The predicted molar refractivity (Wildman–Crippen MR) is 41.3 cm³/mol. The van der Waals surface area contributed by atoms with Crippen molar-refractivity contribution in [3.05, 3.63) is 0 Å². The van der Waals surface area contributed by atoms with Crippen LogP contribution in [0.25, 0.3) is 0 Å². The number of guanidine groups is 1. The Balaban J connectivity index is 2.77. The Kier molecular flexibility index (Phi) is 2.26. The molecular formula is C6H9N5O. The summed E-state index contributed by atoms with van der Waals surface area (Å²) in [6.45, 7) is 1.83. The molecule has 3 N–H and O–H groups in total. The average Bonchev–Trinajstić information content (AvgIpc) is 2.33. The molecule has 0 aromatic heterocycles. The Labute approximate surface area is 69.6 Å². The van der Waals surface area contributed by atoms with E-state index in [0.29, 0.717) is 6.42 Å². The zero-order valence-corrected chi connectivity index (χ0v) is 6.61. The fourth-order valence-corrected chi connectivity index (χ4v) is 0.938. The second-order valence-corrected chi connectivity index (χ2v) is 2.32. The Morgan fingerprint density at radius 2 is 2.58 bits per heavy atom. The number of aliphatic imine (C=N–C) groups is 1. The fourth-order valence-electron chi connectivity index (χ4n) is 0.938. The number of rotatable bonds is 1. The van der Waals surface area contributed by atoms with Gasteiger partial charge in [0.1, 0.15) is 6.04 Å². The van der Waals surface area contributed by atoms with Gasteiger partial charge in [0, 0.05) is 0 Å². The SMILES string of the molecule is CCC1N=C(NC#N)N(N)C1=O. The highest BCUT2D eigenvalue weighted by atomic mass is 16.2. The molecule has 1 atom stereocenters. The van der Waals surface area contributed by atoms with E-state index in [1.807, 2.05) is 6.92 Å². The number of nitrogens with one attached hydrogen (secondary N) is 1. The number of hydrogen-bond acceptors (Lipinski definition) is 5. The molecule has 0 saturated heterocycles. The van der Waals surface area contributed by atoms with Gasteiger partial charge in [-0.05, 0) is 6.42 Å². The number of nitrogens with two attached hydrogens (primary N) is 1. The lowest BCUT2D eigenvalue weighted by molar-refractivity contribution is -0.127. The molecule has 1 rings (SSSR count). The highest BCUT2D eigenvalue weighted by Gasteiger charge is 2.31. The summed E-state index contributed by atoms with van der Waals surface area (Å²) >= 11 is 0. The minimum absolute atomic E-state index is 0.120. The van der Waals surface area contributed by atoms with Crippen LogP contribution in [0, 0.1) is 11.5 Å². The number of hydrazine groups is 1. The molecule has 1 heterocycles. The van der Waals surface area contributed by atoms with Gasteiger partial charge in [-0.25, -0.2) is 15.8 Å². The summed E-state index contributed by atoms with van der Waals surface area (Å²) in [7, 11) is 0. The van der Waals surface area contributed by atoms with E-state index in [0.717, 1.165) is 5.01 Å². The van der Waals surface area contributed by atoms with E-state index in [2.05, 4.69) is 10.3 Å². The van der Waals surface area contributed by atoms with Crippen molar-refractivity contribution >= 4 is 11.9 Å². The molecule has 0 aliphatic carbocycles. The van der Waals surface area contributed by atoms with Crippen LogP contribution in [0.3, 0.4) is 0 Å². The number of hydrogen-bond donors (Lipinski definition) is 2. The van der Waals surface area contributed by atoms with Crippen LogP contribution in [0.4, 0.5) is 0 Å². The van der Waals surface area contributed by atoms with Crippen molar-refractivity contribution in [2.24, 2.45) is 10.8 Å². The molecule has 1 unspecified atom stereocenters. The lowest BCUT2D eigenvalue weighted by atomic mass is 10.2. The maximum atomic E-state index is 11.2. The minimum atomic E-state index is -0.439. The van der Waals surface area contributed by atoms with Crippen molar-refractivity contribution in [1.29, 1.82) is 5.26 Å². The van der Waals surface area contributed by atoms with Crippen LogP contribution in [0.1, 0.15) is 13.3 Å². The predicted octanol–water partition coefficient (Wildman–Crippen LogP) is -1.09. The molecule has 6 heteroatoms. The molecule has 0 aromatic carbocycles. The topological polar surface area (TPSA) is 94.5 Å². The molecule has 1 amide bonds. The van der Waals surface area contributed by atoms with Crippen LogP contribution in [-0.4, -0.2) is 22.9 Å². The van der Waals surface area contributed by atoms with Gasteiger partial charge in [-0.15, -0.1) is 0 Å². The standard InChI is InChI=1S/C6H9N5O/c1-2-4-5(12)11(8)6(10-4)9-3-7/h4H,2,8H2,1H3,(H,9,10). The smallest absolute Gasteiger partial charge is 0.268 e. The third-order valence-corrected chi connectivity index (χ3v) is 1.58. The first-order chi connectivity index (χ1) is 5.70. The second-order valence-electron chi connectivity index (χ2n) is 2.32. The van der Waals surface area contributed by atoms with Gasteiger partial charge in [0.05, 0.1) is 0 Å². The number of nitrogens with zero attached hydrogens (tertiary/aromatic N) is 3. The molecule has 0 aromatic rings. The maximum Gasteiger partial charge on any atom is 0.268 e. The monoisotopic (exact) mass is 167 g/mol. The Hall–Kier alpha value is -1.61. The van der Waals surface area contributed by atoms with Crippen LogP contribution < -0.4 is 11.2 Å².